The number of alkyl halides is 2. The number of halogens is 2. The third kappa shape index (κ3) is 2.65. The lowest BCUT2D eigenvalue weighted by atomic mass is 10.1. The molecule has 88 valence electrons. The fourth-order valence-corrected chi connectivity index (χ4v) is 1.21. The predicted molar refractivity (Wildman–Crippen MR) is 51.3 cm³/mol. The number of esters is 1. The molecule has 0 saturated carbocycles. The molecule has 0 unspecified atom stereocenters. The zero-order valence-electron chi connectivity index (χ0n) is 8.83. The molecule has 16 heavy (non-hydrogen) atoms. The molecule has 0 fully saturated rings. The minimum atomic E-state index is -2.79. The van der Waals surface area contributed by atoms with Crippen LogP contribution in [-0.4, -0.2) is 23.2 Å². The largest absolute Gasteiger partial charge is 0.506 e. The van der Waals surface area contributed by atoms with E-state index in [1.54, 1.807) is 0 Å². The third-order valence-electron chi connectivity index (χ3n) is 2.07. The van der Waals surface area contributed by atoms with E-state index in [1.165, 1.54) is 6.92 Å². The normalized spacial score (nSPS) is 10.6. The highest BCUT2D eigenvalue weighted by Gasteiger charge is 2.19. The number of ether oxygens (including phenoxy) is 1. The number of carbonyl (C=O) groups excluding carboxylic acids is 1. The summed E-state index contributed by atoms with van der Waals surface area (Å²) in [6.45, 7) is 1.41. The number of rotatable bonds is 3. The van der Waals surface area contributed by atoms with Crippen molar-refractivity contribution >= 4 is 5.97 Å². The van der Waals surface area contributed by atoms with Gasteiger partial charge in [0.05, 0.1) is 19.2 Å². The van der Waals surface area contributed by atoms with E-state index >= 15 is 0 Å². The van der Waals surface area contributed by atoms with Crippen molar-refractivity contribution in [2.45, 2.75) is 19.8 Å². The van der Waals surface area contributed by atoms with E-state index in [1.807, 2.05) is 0 Å². The van der Waals surface area contributed by atoms with Gasteiger partial charge < -0.3 is 9.84 Å². The summed E-state index contributed by atoms with van der Waals surface area (Å²) in [5, 5.41) is 9.33. The smallest absolute Gasteiger partial charge is 0.310 e. The van der Waals surface area contributed by atoms with Crippen LogP contribution in [-0.2, 0) is 16.0 Å². The fraction of sp³-hybridized carbons (Fsp3) is 0.400. The molecule has 1 aromatic heterocycles. The highest BCUT2D eigenvalue weighted by atomic mass is 19.3. The summed E-state index contributed by atoms with van der Waals surface area (Å²) in [5.41, 5.74) is -0.422. The Morgan fingerprint density at radius 1 is 1.62 bits per heavy atom. The molecule has 6 heteroatoms. The molecule has 1 N–H and O–H groups in total. The first-order valence-electron chi connectivity index (χ1n) is 4.50. The topological polar surface area (TPSA) is 59.4 Å². The highest BCUT2D eigenvalue weighted by Crippen LogP contribution is 2.26. The van der Waals surface area contributed by atoms with Gasteiger partial charge >= 0.3 is 5.97 Å². The lowest BCUT2D eigenvalue weighted by molar-refractivity contribution is -0.139. The minimum absolute atomic E-state index is 0.0232. The van der Waals surface area contributed by atoms with Crippen LogP contribution in [0.15, 0.2) is 6.07 Å². The summed E-state index contributed by atoms with van der Waals surface area (Å²) >= 11 is 0. The van der Waals surface area contributed by atoms with Gasteiger partial charge in [0.2, 0.25) is 0 Å². The van der Waals surface area contributed by atoms with Crippen molar-refractivity contribution in [2.24, 2.45) is 0 Å². The monoisotopic (exact) mass is 231 g/mol. The molecule has 0 aliphatic carbocycles. The number of nitrogens with zero attached hydrogens (tertiary/aromatic N) is 1. The molecule has 1 heterocycles. The van der Waals surface area contributed by atoms with Crippen LogP contribution in [0, 0.1) is 6.92 Å². The van der Waals surface area contributed by atoms with Crippen LogP contribution in [0.5, 0.6) is 5.75 Å². The second-order valence-electron chi connectivity index (χ2n) is 3.19. The molecule has 0 aromatic carbocycles. The number of methoxy groups -OCH3 is 1. The first-order valence-corrected chi connectivity index (χ1v) is 4.50. The lowest BCUT2D eigenvalue weighted by Gasteiger charge is -2.09. The second kappa shape index (κ2) is 4.87. The van der Waals surface area contributed by atoms with Crippen molar-refractivity contribution in [1.29, 1.82) is 0 Å². The van der Waals surface area contributed by atoms with Gasteiger partial charge in [0.1, 0.15) is 11.4 Å². The van der Waals surface area contributed by atoms with E-state index in [9.17, 15) is 18.7 Å². The Bertz CT molecular complexity index is 407. The Morgan fingerprint density at radius 2 is 2.25 bits per heavy atom. The van der Waals surface area contributed by atoms with Crippen LogP contribution in [0.1, 0.15) is 23.4 Å². The number of aromatic hydroxyl groups is 1. The SMILES string of the molecule is COC(=O)Cc1cc(O)c(C)nc1C(F)F. The van der Waals surface area contributed by atoms with Crippen LogP contribution in [0.25, 0.3) is 0 Å². The van der Waals surface area contributed by atoms with Gasteiger partial charge in [-0.2, -0.15) is 0 Å². The maximum Gasteiger partial charge on any atom is 0.310 e. The van der Waals surface area contributed by atoms with Crippen LogP contribution < -0.4 is 0 Å². The zero-order chi connectivity index (χ0) is 12.3. The van der Waals surface area contributed by atoms with Crippen molar-refractivity contribution in [3.05, 3.63) is 23.0 Å². The summed E-state index contributed by atoms with van der Waals surface area (Å²) < 4.78 is 29.6. The fourth-order valence-electron chi connectivity index (χ4n) is 1.21. The third-order valence-corrected chi connectivity index (χ3v) is 2.07. The number of aromatic nitrogens is 1. The predicted octanol–water partition coefficient (Wildman–Crippen LogP) is 1.75. The zero-order valence-corrected chi connectivity index (χ0v) is 8.83. The average molecular weight is 231 g/mol. The lowest BCUT2D eigenvalue weighted by Crippen LogP contribution is -2.09. The van der Waals surface area contributed by atoms with Crippen molar-refractivity contribution in [3.8, 4) is 5.75 Å². The van der Waals surface area contributed by atoms with Gasteiger partial charge in [-0.05, 0) is 18.6 Å². The molecule has 0 aliphatic heterocycles. The van der Waals surface area contributed by atoms with Gasteiger partial charge in [-0.3, -0.25) is 4.79 Å². The van der Waals surface area contributed by atoms with Crippen molar-refractivity contribution in [2.75, 3.05) is 7.11 Å². The Morgan fingerprint density at radius 3 is 2.75 bits per heavy atom. The molecule has 0 bridgehead atoms. The van der Waals surface area contributed by atoms with Crippen LogP contribution >= 0.6 is 0 Å². The van der Waals surface area contributed by atoms with Crippen molar-refractivity contribution in [3.63, 3.8) is 0 Å². The summed E-state index contributed by atoms with van der Waals surface area (Å²) in [4.78, 5) is 14.5. The summed E-state index contributed by atoms with van der Waals surface area (Å²) in [5.74, 6) is -0.879. The standard InChI is InChI=1S/C10H11F2NO3/c1-5-7(14)3-6(4-8(15)16-2)9(13-5)10(11)12/h3,10,14H,4H2,1-2H3. The molecule has 1 aromatic rings. The highest BCUT2D eigenvalue weighted by molar-refractivity contribution is 5.73. The van der Waals surface area contributed by atoms with Crippen LogP contribution in [0.4, 0.5) is 8.78 Å². The Balaban J connectivity index is 3.14. The van der Waals surface area contributed by atoms with Crippen LogP contribution in [0.2, 0.25) is 0 Å². The van der Waals surface area contributed by atoms with Crippen molar-refractivity contribution in [1.82, 2.24) is 4.98 Å². The first kappa shape index (κ1) is 12.4. The van der Waals surface area contributed by atoms with E-state index in [-0.39, 0.29) is 23.4 Å². The van der Waals surface area contributed by atoms with Crippen LogP contribution in [0.3, 0.4) is 0 Å². The van der Waals surface area contributed by atoms with E-state index in [0.29, 0.717) is 0 Å². The average Bonchev–Trinajstić information content (AvgIpc) is 2.22. The molecular formula is C10H11F2NO3. The number of carbonyl (C=O) groups is 1. The van der Waals surface area contributed by atoms with E-state index in [4.69, 9.17) is 0 Å². The number of hydrogen-bond donors (Lipinski definition) is 1. The second-order valence-corrected chi connectivity index (χ2v) is 3.19. The molecule has 0 aliphatic rings. The van der Waals surface area contributed by atoms with Gasteiger partial charge in [0.15, 0.2) is 0 Å². The van der Waals surface area contributed by atoms with Crippen molar-refractivity contribution < 1.29 is 23.4 Å². The van der Waals surface area contributed by atoms with Gasteiger partial charge in [-0.1, -0.05) is 0 Å². The Labute approximate surface area is 90.9 Å². The Hall–Kier alpha value is -1.72. The maximum absolute atomic E-state index is 12.6. The van der Waals surface area contributed by atoms with Gasteiger partial charge in [0.25, 0.3) is 6.43 Å². The number of hydrogen-bond acceptors (Lipinski definition) is 4. The van der Waals surface area contributed by atoms with E-state index in [0.717, 1.165) is 13.2 Å². The van der Waals surface area contributed by atoms with E-state index < -0.39 is 18.1 Å². The molecule has 0 radical (unpaired) electrons. The van der Waals surface area contributed by atoms with E-state index in [2.05, 4.69) is 9.72 Å². The minimum Gasteiger partial charge on any atom is -0.506 e. The van der Waals surface area contributed by atoms with Gasteiger partial charge in [-0.25, -0.2) is 13.8 Å². The molecule has 0 atom stereocenters. The number of aryl methyl sites for hydroxylation is 1. The van der Waals surface area contributed by atoms with Gasteiger partial charge in [0, 0.05) is 0 Å². The molecule has 4 nitrogen and oxygen atoms in total. The van der Waals surface area contributed by atoms with Gasteiger partial charge in [-0.15, -0.1) is 0 Å². The summed E-state index contributed by atoms with van der Waals surface area (Å²) in [7, 11) is 1.16. The first-order chi connectivity index (χ1) is 7.45. The molecule has 0 amide bonds. The summed E-state index contributed by atoms with van der Waals surface area (Å²) in [6, 6.07) is 1.11. The maximum atomic E-state index is 12.6. The quantitative estimate of drug-likeness (QED) is 0.805. The molecule has 1 rings (SSSR count). The Kier molecular flexibility index (Phi) is 3.76. The summed E-state index contributed by atoms with van der Waals surface area (Å²) in [6.07, 6.45) is -3.13. The molecule has 0 saturated heterocycles. The molecule has 0 spiro atoms. The molecular weight excluding hydrogens is 220 g/mol. The number of pyridine rings is 1.